The van der Waals surface area contributed by atoms with E-state index in [1.807, 2.05) is 12.1 Å². The highest BCUT2D eigenvalue weighted by Gasteiger charge is 2.23. The van der Waals surface area contributed by atoms with Gasteiger partial charge in [0.25, 0.3) is 0 Å². The van der Waals surface area contributed by atoms with E-state index >= 15 is 0 Å². The van der Waals surface area contributed by atoms with Crippen LogP contribution < -0.4 is 20.1 Å². The van der Waals surface area contributed by atoms with Crippen molar-refractivity contribution in [2.45, 2.75) is 65.3 Å². The summed E-state index contributed by atoms with van der Waals surface area (Å²) in [6.45, 7) is 5.55. The van der Waals surface area contributed by atoms with Crippen LogP contribution in [-0.2, 0) is 42.2 Å². The molecule has 11 heteroatoms. The van der Waals surface area contributed by atoms with Gasteiger partial charge in [0.15, 0.2) is 0 Å². The molecule has 0 saturated heterocycles. The topological polar surface area (TPSA) is 154 Å². The van der Waals surface area contributed by atoms with Gasteiger partial charge in [-0.2, -0.15) is 5.26 Å². The average Bonchev–Trinajstić information content (AvgIpc) is 3.59. The summed E-state index contributed by atoms with van der Waals surface area (Å²) in [5, 5.41) is 34.2. The molecule has 1 atom stereocenters. The summed E-state index contributed by atoms with van der Waals surface area (Å²) >= 11 is 6.78. The molecule has 282 valence electrons. The van der Waals surface area contributed by atoms with Crippen LogP contribution in [0.15, 0.2) is 85.2 Å². The second-order valence-corrected chi connectivity index (χ2v) is 14.2. The lowest BCUT2D eigenvalue weighted by Gasteiger charge is -2.18. The molecule has 1 aromatic heterocycles. The van der Waals surface area contributed by atoms with E-state index in [2.05, 4.69) is 78.0 Å². The summed E-state index contributed by atoms with van der Waals surface area (Å²) < 4.78 is 12.6. The Morgan fingerprint density at radius 2 is 1.60 bits per heavy atom. The molecule has 0 saturated carbocycles. The molecule has 0 fully saturated rings. The van der Waals surface area contributed by atoms with Gasteiger partial charge in [0.1, 0.15) is 30.8 Å². The zero-order valence-corrected chi connectivity index (χ0v) is 31.6. The Bertz CT molecular complexity index is 2250. The van der Waals surface area contributed by atoms with E-state index in [9.17, 15) is 14.9 Å². The van der Waals surface area contributed by atoms with Gasteiger partial charge < -0.3 is 30.3 Å². The largest absolute Gasteiger partial charge is 0.488 e. The Balaban J connectivity index is 1.20. The molecule has 1 aliphatic rings. The van der Waals surface area contributed by atoms with Gasteiger partial charge in [-0.15, -0.1) is 0 Å². The standard InChI is InChI=1S/C44H43ClN4O6/c1-27-33(6-3-8-38(27)39-9-4-7-37(28(39)2)32-12-11-31-16-36(17-34(31)15-32)49-24-44(52)53)26-55-42-19-41(54-25-30-14-29(20-46)21-48-22-30)35(18-40(42)45)23-47-13-5-10-43(50)51/h3-4,6-9,11-12,14-15,18-19,21-22,36,47,49H,5,10,13,16-17,23-26H2,1-2H3,(H,50,51)(H,52,53). The summed E-state index contributed by atoms with van der Waals surface area (Å²) in [6, 6.07) is 26.6. The Labute approximate surface area is 325 Å². The lowest BCUT2D eigenvalue weighted by molar-refractivity contribution is -0.137. The fourth-order valence-electron chi connectivity index (χ4n) is 7.02. The van der Waals surface area contributed by atoms with E-state index in [1.165, 1.54) is 17.3 Å². The zero-order chi connectivity index (χ0) is 38.9. The van der Waals surface area contributed by atoms with Crippen molar-refractivity contribution in [2.24, 2.45) is 0 Å². The number of hydrogen-bond acceptors (Lipinski definition) is 8. The molecule has 4 aromatic carbocycles. The lowest BCUT2D eigenvalue weighted by Crippen LogP contribution is -2.33. The van der Waals surface area contributed by atoms with Gasteiger partial charge in [0, 0.05) is 48.6 Å². The van der Waals surface area contributed by atoms with Crippen molar-refractivity contribution in [1.82, 2.24) is 15.6 Å². The number of aliphatic carboxylic acids is 2. The van der Waals surface area contributed by atoms with Gasteiger partial charge >= 0.3 is 11.9 Å². The van der Waals surface area contributed by atoms with Crippen LogP contribution in [0.4, 0.5) is 0 Å². The number of carboxylic acid groups (broad SMARTS) is 2. The maximum absolute atomic E-state index is 11.1. The van der Waals surface area contributed by atoms with Crippen LogP contribution >= 0.6 is 11.6 Å². The van der Waals surface area contributed by atoms with E-state index in [4.69, 9.17) is 31.3 Å². The van der Waals surface area contributed by atoms with Crippen LogP contribution in [0.25, 0.3) is 22.3 Å². The summed E-state index contributed by atoms with van der Waals surface area (Å²) in [4.78, 5) is 26.1. The first-order valence-corrected chi connectivity index (χ1v) is 18.6. The lowest BCUT2D eigenvalue weighted by atomic mass is 9.89. The third kappa shape index (κ3) is 9.88. The van der Waals surface area contributed by atoms with Gasteiger partial charge in [-0.3, -0.25) is 14.6 Å². The van der Waals surface area contributed by atoms with Crippen molar-refractivity contribution < 1.29 is 29.3 Å². The number of pyridine rings is 1. The Hall–Kier alpha value is -5.73. The highest BCUT2D eigenvalue weighted by Crippen LogP contribution is 2.38. The number of hydrogen-bond donors (Lipinski definition) is 4. The van der Waals surface area contributed by atoms with Crippen molar-refractivity contribution in [3.05, 3.63) is 135 Å². The molecule has 0 spiro atoms. The predicted molar refractivity (Wildman–Crippen MR) is 211 cm³/mol. The van der Waals surface area contributed by atoms with Crippen LogP contribution in [-0.4, -0.2) is 46.3 Å². The molecule has 1 unspecified atom stereocenters. The smallest absolute Gasteiger partial charge is 0.317 e. The van der Waals surface area contributed by atoms with Gasteiger partial charge in [-0.25, -0.2) is 0 Å². The molecule has 4 N–H and O–H groups in total. The quantitative estimate of drug-likeness (QED) is 0.0691. The Morgan fingerprint density at radius 1 is 0.855 bits per heavy atom. The normalized spacial score (nSPS) is 13.2. The average molecular weight is 759 g/mol. The maximum atomic E-state index is 11.1. The zero-order valence-electron chi connectivity index (χ0n) is 30.8. The van der Waals surface area contributed by atoms with Crippen molar-refractivity contribution in [2.75, 3.05) is 13.1 Å². The number of aromatic nitrogens is 1. The molecule has 6 rings (SSSR count). The number of fused-ring (bicyclic) bond motifs is 1. The van der Waals surface area contributed by atoms with Gasteiger partial charge in [-0.05, 0) is 102 Å². The van der Waals surface area contributed by atoms with Crippen LogP contribution in [0.5, 0.6) is 11.5 Å². The number of nitriles is 1. The highest BCUT2D eigenvalue weighted by atomic mass is 35.5. The monoisotopic (exact) mass is 758 g/mol. The summed E-state index contributed by atoms with van der Waals surface area (Å²) in [5.74, 6) is -0.690. The van der Waals surface area contributed by atoms with Crippen molar-refractivity contribution in [1.29, 1.82) is 5.26 Å². The first-order chi connectivity index (χ1) is 26.6. The summed E-state index contributed by atoms with van der Waals surface area (Å²) in [7, 11) is 0. The van der Waals surface area contributed by atoms with Crippen LogP contribution in [0.3, 0.4) is 0 Å². The number of carbonyl (C=O) groups is 2. The number of benzene rings is 4. The van der Waals surface area contributed by atoms with Crippen molar-refractivity contribution in [3.8, 4) is 39.8 Å². The minimum Gasteiger partial charge on any atom is -0.488 e. The molecule has 10 nitrogen and oxygen atoms in total. The molecule has 0 radical (unpaired) electrons. The number of nitrogens with zero attached hydrogens (tertiary/aromatic N) is 2. The predicted octanol–water partition coefficient (Wildman–Crippen LogP) is 7.81. The van der Waals surface area contributed by atoms with Crippen LogP contribution in [0.2, 0.25) is 5.02 Å². The van der Waals surface area contributed by atoms with E-state index in [-0.39, 0.29) is 32.2 Å². The summed E-state index contributed by atoms with van der Waals surface area (Å²) in [6.07, 6.45) is 5.33. The molecule has 0 bridgehead atoms. The molecule has 1 heterocycles. The number of carboxylic acids is 2. The fraction of sp³-hybridized carbons (Fsp3) is 0.273. The number of halogens is 1. The van der Waals surface area contributed by atoms with E-state index < -0.39 is 11.9 Å². The number of rotatable bonds is 17. The molecule has 0 aliphatic heterocycles. The second-order valence-electron chi connectivity index (χ2n) is 13.8. The SMILES string of the molecule is Cc1c(COc2cc(OCc3cncc(C#N)c3)c(CNCCCC(=O)O)cc2Cl)cccc1-c1cccc(-c2ccc3c(c2)CC(NCC(=O)O)C3)c1C. The highest BCUT2D eigenvalue weighted by molar-refractivity contribution is 6.32. The van der Waals surface area contributed by atoms with Crippen LogP contribution in [0, 0.1) is 25.2 Å². The first-order valence-electron chi connectivity index (χ1n) is 18.2. The maximum Gasteiger partial charge on any atom is 0.317 e. The summed E-state index contributed by atoms with van der Waals surface area (Å²) in [5.41, 5.74) is 12.2. The van der Waals surface area contributed by atoms with Crippen LogP contribution in [0.1, 0.15) is 57.3 Å². The van der Waals surface area contributed by atoms with E-state index in [0.717, 1.165) is 62.9 Å². The Kier molecular flexibility index (Phi) is 12.8. The minimum absolute atomic E-state index is 0.0418. The molecule has 55 heavy (non-hydrogen) atoms. The Morgan fingerprint density at radius 3 is 2.38 bits per heavy atom. The molecule has 5 aromatic rings. The number of ether oxygens (including phenoxy) is 2. The van der Waals surface area contributed by atoms with Crippen molar-refractivity contribution in [3.63, 3.8) is 0 Å². The third-order valence-corrected chi connectivity index (χ3v) is 10.2. The van der Waals surface area contributed by atoms with Gasteiger partial charge in [0.2, 0.25) is 0 Å². The molecular weight excluding hydrogens is 716 g/mol. The van der Waals surface area contributed by atoms with E-state index in [0.29, 0.717) is 41.6 Å². The van der Waals surface area contributed by atoms with Gasteiger partial charge in [-0.1, -0.05) is 66.2 Å². The third-order valence-electron chi connectivity index (χ3n) is 9.94. The van der Waals surface area contributed by atoms with Crippen molar-refractivity contribution >= 4 is 23.5 Å². The minimum atomic E-state index is -0.849. The van der Waals surface area contributed by atoms with Gasteiger partial charge in [0.05, 0.1) is 17.1 Å². The number of nitrogens with one attached hydrogen (secondary N) is 2. The molecule has 0 amide bonds. The molecular formula is C44H43ClN4O6. The fourth-order valence-corrected chi connectivity index (χ4v) is 7.27. The second kappa shape index (κ2) is 18.1. The first kappa shape index (κ1) is 39.0. The molecule has 1 aliphatic carbocycles. The van der Waals surface area contributed by atoms with E-state index in [1.54, 1.807) is 24.4 Å².